The average Bonchev–Trinajstić information content (AvgIpc) is 1.91. The third-order valence-electron chi connectivity index (χ3n) is 0.692. The number of hydrogen-bond acceptors (Lipinski definition) is 2. The van der Waals surface area contributed by atoms with Gasteiger partial charge >= 0.3 is 7.69 Å². The van der Waals surface area contributed by atoms with Crippen LogP contribution in [0.2, 0.25) is 0 Å². The minimum absolute atomic E-state index is 0.274. The van der Waals surface area contributed by atoms with Gasteiger partial charge in [-0.15, -0.1) is 0 Å². The molecule has 0 amide bonds. The third-order valence-corrected chi connectivity index (χ3v) is 0.692. The minimum atomic E-state index is -0.274. The first-order valence-electron chi connectivity index (χ1n) is 3.16. The van der Waals surface area contributed by atoms with Crippen molar-refractivity contribution in [2.75, 3.05) is 0 Å². The summed E-state index contributed by atoms with van der Waals surface area (Å²) in [5.74, 6) is 0. The summed E-state index contributed by atoms with van der Waals surface area (Å²) in [5.41, 5.74) is 0. The van der Waals surface area contributed by atoms with Crippen molar-refractivity contribution in [3.8, 4) is 0 Å². The zero-order valence-corrected chi connectivity index (χ0v) is 6.26. The number of rotatable bonds is 3. The molecule has 0 saturated heterocycles. The van der Waals surface area contributed by atoms with Crippen LogP contribution < -0.4 is 0 Å². The van der Waals surface area contributed by atoms with E-state index in [0.29, 0.717) is 0 Å². The van der Waals surface area contributed by atoms with Gasteiger partial charge in [0.25, 0.3) is 0 Å². The van der Waals surface area contributed by atoms with Crippen molar-refractivity contribution < 1.29 is 9.68 Å². The Balaban J connectivity index is 0. The lowest BCUT2D eigenvalue weighted by atomic mass is 10.4. The van der Waals surface area contributed by atoms with Gasteiger partial charge in [0, 0.05) is 0 Å². The summed E-state index contributed by atoms with van der Waals surface area (Å²) in [6.07, 6.45) is 3.82. The van der Waals surface area contributed by atoms with E-state index in [2.05, 4.69) is 25.1 Å². The molecule has 0 aromatic carbocycles. The van der Waals surface area contributed by atoms with Crippen LogP contribution in [0.15, 0.2) is 12.8 Å². The van der Waals surface area contributed by atoms with E-state index in [-0.39, 0.29) is 7.69 Å². The molecule has 0 spiro atoms. The normalized spacial score (nSPS) is 6.56. The van der Waals surface area contributed by atoms with Gasteiger partial charge in [-0.3, -0.25) is 0 Å². The van der Waals surface area contributed by atoms with Crippen LogP contribution in [-0.4, -0.2) is 12.7 Å². The third kappa shape index (κ3) is 35.6. The fraction of sp³-hybridized carbons (Fsp3) is 0.667. The molecule has 0 aliphatic rings. The quantitative estimate of drug-likeness (QED) is 0.459. The van der Waals surface area contributed by atoms with Crippen LogP contribution in [0.5, 0.6) is 0 Å². The van der Waals surface area contributed by atoms with Crippen molar-refractivity contribution in [3.05, 3.63) is 12.8 Å². The summed E-state index contributed by atoms with van der Waals surface area (Å²) in [5, 5.41) is 7.77. The first kappa shape index (κ1) is 11.4. The van der Waals surface area contributed by atoms with E-state index in [9.17, 15) is 0 Å². The highest BCUT2D eigenvalue weighted by Gasteiger charge is 1.67. The summed E-state index contributed by atoms with van der Waals surface area (Å²) in [6.45, 7) is 7.53. The van der Waals surface area contributed by atoms with E-state index in [1.807, 2.05) is 0 Å². The van der Waals surface area contributed by atoms with Crippen molar-refractivity contribution >= 4 is 7.69 Å². The van der Waals surface area contributed by atoms with E-state index in [4.69, 9.17) is 5.02 Å². The molecule has 3 heteroatoms. The van der Waals surface area contributed by atoms with Crippen LogP contribution in [-0.2, 0) is 4.65 Å². The summed E-state index contributed by atoms with van der Waals surface area (Å²) in [4.78, 5) is 0. The van der Waals surface area contributed by atoms with Crippen LogP contribution in [0.4, 0.5) is 0 Å². The van der Waals surface area contributed by atoms with Gasteiger partial charge < -0.3 is 9.68 Å². The predicted octanol–water partition coefficient (Wildman–Crippen LogP) is 1.21. The van der Waals surface area contributed by atoms with E-state index in [1.54, 1.807) is 0 Å². The Morgan fingerprint density at radius 2 is 2.00 bits per heavy atom. The average molecular weight is 130 g/mol. The van der Waals surface area contributed by atoms with Gasteiger partial charge in [0.15, 0.2) is 0 Å². The molecule has 0 atom stereocenters. The second-order valence-electron chi connectivity index (χ2n) is 1.46. The number of unbranched alkanes of at least 4 members (excludes halogenated alkanes) is 1. The highest BCUT2D eigenvalue weighted by Crippen LogP contribution is 1.76. The lowest BCUT2D eigenvalue weighted by Crippen LogP contribution is -1.85. The topological polar surface area (TPSA) is 29.5 Å². The molecule has 0 aromatic heterocycles. The van der Waals surface area contributed by atoms with Gasteiger partial charge in [-0.25, -0.2) is 0 Å². The first-order valence-corrected chi connectivity index (χ1v) is 3.16. The van der Waals surface area contributed by atoms with Gasteiger partial charge in [0.05, 0.1) is 6.26 Å². The van der Waals surface area contributed by atoms with Gasteiger partial charge in [-0.05, 0) is 0 Å². The van der Waals surface area contributed by atoms with Crippen molar-refractivity contribution in [2.24, 2.45) is 0 Å². The second-order valence-corrected chi connectivity index (χ2v) is 1.46. The van der Waals surface area contributed by atoms with Crippen molar-refractivity contribution in [2.45, 2.75) is 26.7 Å². The molecule has 2 nitrogen and oxygen atoms in total. The van der Waals surface area contributed by atoms with Gasteiger partial charge in [0.2, 0.25) is 0 Å². The molecule has 0 fully saturated rings. The fourth-order valence-electron chi connectivity index (χ4n) is 0.0527. The van der Waals surface area contributed by atoms with Crippen LogP contribution in [0.1, 0.15) is 26.7 Å². The molecule has 0 heterocycles. The maximum Gasteiger partial charge on any atom is 0.503 e. The van der Waals surface area contributed by atoms with E-state index in [1.165, 1.54) is 19.1 Å². The SMILES string of the molecule is C=COBO.CCCC. The van der Waals surface area contributed by atoms with E-state index >= 15 is 0 Å². The van der Waals surface area contributed by atoms with Crippen LogP contribution in [0.3, 0.4) is 0 Å². The van der Waals surface area contributed by atoms with E-state index in [0.717, 1.165) is 0 Å². The first-order chi connectivity index (χ1) is 4.33. The van der Waals surface area contributed by atoms with Crippen LogP contribution in [0.25, 0.3) is 0 Å². The summed E-state index contributed by atoms with van der Waals surface area (Å²) in [6, 6.07) is 0. The maximum absolute atomic E-state index is 7.77. The monoisotopic (exact) mass is 130 g/mol. The Bertz CT molecular complexity index is 46.3. The Kier molecular flexibility index (Phi) is 19.8. The molecular formula is C6H15BO2. The summed E-state index contributed by atoms with van der Waals surface area (Å²) < 4.78 is 4.15. The Morgan fingerprint density at radius 3 is 2.00 bits per heavy atom. The molecule has 0 aliphatic carbocycles. The smallest absolute Gasteiger partial charge is 0.503 e. The second kappa shape index (κ2) is 15.6. The molecule has 1 N–H and O–H groups in total. The maximum atomic E-state index is 7.77. The van der Waals surface area contributed by atoms with E-state index < -0.39 is 0 Å². The van der Waals surface area contributed by atoms with Crippen molar-refractivity contribution in [1.82, 2.24) is 0 Å². The molecule has 0 radical (unpaired) electrons. The fourth-order valence-corrected chi connectivity index (χ4v) is 0.0527. The molecule has 54 valence electrons. The largest absolute Gasteiger partial charge is 0.545 e. The lowest BCUT2D eigenvalue weighted by Gasteiger charge is -1.81. The standard InChI is InChI=1S/C4H10.C2H5BO2/c1-3-4-2;1-2-5-3-4/h3-4H2,1-2H3;2-4H,1H2. The molecule has 0 rings (SSSR count). The van der Waals surface area contributed by atoms with Crippen molar-refractivity contribution in [1.29, 1.82) is 0 Å². The van der Waals surface area contributed by atoms with Gasteiger partial charge in [-0.2, -0.15) is 0 Å². The Labute approximate surface area is 57.8 Å². The highest BCUT2D eigenvalue weighted by atomic mass is 16.5. The van der Waals surface area contributed by atoms with Gasteiger partial charge in [-0.1, -0.05) is 33.3 Å². The molecule has 0 aromatic rings. The van der Waals surface area contributed by atoms with Gasteiger partial charge in [0.1, 0.15) is 0 Å². The highest BCUT2D eigenvalue weighted by molar-refractivity contribution is 6.16. The summed E-state index contributed by atoms with van der Waals surface area (Å²) in [7, 11) is -0.274. The van der Waals surface area contributed by atoms with Crippen LogP contribution >= 0.6 is 0 Å². The Morgan fingerprint density at radius 1 is 1.56 bits per heavy atom. The molecular weight excluding hydrogens is 115 g/mol. The molecule has 0 aliphatic heterocycles. The molecule has 0 bridgehead atoms. The summed E-state index contributed by atoms with van der Waals surface area (Å²) >= 11 is 0. The zero-order valence-electron chi connectivity index (χ0n) is 6.26. The van der Waals surface area contributed by atoms with Crippen LogP contribution in [0, 0.1) is 0 Å². The molecule has 9 heavy (non-hydrogen) atoms. The minimum Gasteiger partial charge on any atom is -0.545 e. The predicted molar refractivity (Wildman–Crippen MR) is 41.2 cm³/mol. The number of hydrogen-bond donors (Lipinski definition) is 1. The lowest BCUT2D eigenvalue weighted by molar-refractivity contribution is 0.407. The zero-order chi connectivity index (χ0) is 7.54. The molecule has 0 unspecified atom stereocenters. The Hall–Kier alpha value is -0.435. The van der Waals surface area contributed by atoms with Crippen molar-refractivity contribution in [3.63, 3.8) is 0 Å². The molecule has 0 saturated carbocycles.